The highest BCUT2D eigenvalue weighted by Crippen LogP contribution is 2.66. The van der Waals surface area contributed by atoms with E-state index in [9.17, 15) is 14.7 Å². The summed E-state index contributed by atoms with van der Waals surface area (Å²) >= 11 is 0. The van der Waals surface area contributed by atoms with E-state index in [0.717, 1.165) is 64.3 Å². The van der Waals surface area contributed by atoms with Gasteiger partial charge in [-0.25, -0.2) is 0 Å². The molecular formula is C33H42N2O3. The average Bonchev–Trinajstić information content (AvgIpc) is 2.95. The van der Waals surface area contributed by atoms with Crippen LogP contribution < -0.4 is 5.32 Å². The molecule has 5 aliphatic rings. The largest absolute Gasteiger partial charge is 0.394 e. The Kier molecular flexibility index (Phi) is 7.07. The van der Waals surface area contributed by atoms with E-state index in [4.69, 9.17) is 0 Å². The number of benzene rings is 2. The number of rotatable bonds is 8. The molecule has 202 valence electrons. The lowest BCUT2D eigenvalue weighted by Gasteiger charge is -2.61. The van der Waals surface area contributed by atoms with Gasteiger partial charge in [0.05, 0.1) is 23.5 Å². The predicted octanol–water partition coefficient (Wildman–Crippen LogP) is 5.28. The van der Waals surface area contributed by atoms with Crippen molar-refractivity contribution in [1.82, 2.24) is 10.2 Å². The molecule has 2 N–H and O–H groups in total. The van der Waals surface area contributed by atoms with Crippen molar-refractivity contribution in [2.24, 2.45) is 22.7 Å². The van der Waals surface area contributed by atoms with Crippen molar-refractivity contribution in [1.29, 1.82) is 0 Å². The summed E-state index contributed by atoms with van der Waals surface area (Å²) in [6, 6.07) is 21.1. The van der Waals surface area contributed by atoms with E-state index >= 15 is 0 Å². The van der Waals surface area contributed by atoms with Crippen LogP contribution in [0.15, 0.2) is 60.7 Å². The average molecular weight is 515 g/mol. The SMILES string of the molecule is O=C(NCCC(c1ccccc1)c1ccccc1)C12CC3CC(C1)CC(C(=O)N1CCCCC1CO)(C3)C2. The van der Waals surface area contributed by atoms with E-state index in [1.54, 1.807) is 0 Å². The monoisotopic (exact) mass is 514 g/mol. The van der Waals surface area contributed by atoms with Gasteiger partial charge in [-0.3, -0.25) is 9.59 Å². The number of aliphatic hydroxyl groups excluding tert-OH is 1. The summed E-state index contributed by atoms with van der Waals surface area (Å²) in [5.41, 5.74) is 1.71. The molecule has 38 heavy (non-hydrogen) atoms. The molecule has 3 unspecified atom stereocenters. The third-order valence-electron chi connectivity index (χ3n) is 10.2. The lowest BCUT2D eigenvalue weighted by Crippen LogP contribution is -2.63. The smallest absolute Gasteiger partial charge is 0.229 e. The maximum Gasteiger partial charge on any atom is 0.229 e. The first-order chi connectivity index (χ1) is 18.5. The maximum absolute atomic E-state index is 14.1. The second kappa shape index (κ2) is 10.5. The minimum absolute atomic E-state index is 0.0459. The van der Waals surface area contributed by atoms with Crippen LogP contribution in [0.3, 0.4) is 0 Å². The Morgan fingerprint density at radius 1 is 0.895 bits per heavy atom. The highest BCUT2D eigenvalue weighted by Gasteiger charge is 2.63. The quantitative estimate of drug-likeness (QED) is 0.503. The fourth-order valence-corrected chi connectivity index (χ4v) is 8.95. The minimum atomic E-state index is -0.417. The van der Waals surface area contributed by atoms with Gasteiger partial charge in [-0.1, -0.05) is 60.7 Å². The number of nitrogens with zero attached hydrogens (tertiary/aromatic N) is 1. The van der Waals surface area contributed by atoms with Crippen LogP contribution in [-0.4, -0.2) is 47.6 Å². The molecule has 2 aromatic carbocycles. The Balaban J connectivity index is 1.17. The van der Waals surface area contributed by atoms with E-state index in [2.05, 4.69) is 53.8 Å². The van der Waals surface area contributed by atoms with Crippen LogP contribution in [0.25, 0.3) is 0 Å². The molecule has 0 spiro atoms. The first-order valence-electron chi connectivity index (χ1n) is 14.8. The molecule has 5 nitrogen and oxygen atoms in total. The van der Waals surface area contributed by atoms with Gasteiger partial charge in [0.15, 0.2) is 0 Å². The van der Waals surface area contributed by atoms with Crippen molar-refractivity contribution in [3.8, 4) is 0 Å². The van der Waals surface area contributed by atoms with E-state index in [-0.39, 0.29) is 30.4 Å². The number of hydrogen-bond donors (Lipinski definition) is 2. The zero-order valence-corrected chi connectivity index (χ0v) is 22.5. The third kappa shape index (κ3) is 4.68. The van der Waals surface area contributed by atoms with Crippen molar-refractivity contribution in [2.45, 2.75) is 76.2 Å². The van der Waals surface area contributed by atoms with Crippen molar-refractivity contribution in [3.63, 3.8) is 0 Å². The van der Waals surface area contributed by atoms with Crippen LogP contribution in [0.1, 0.15) is 81.3 Å². The topological polar surface area (TPSA) is 69.6 Å². The van der Waals surface area contributed by atoms with Crippen molar-refractivity contribution >= 4 is 11.8 Å². The number of nitrogens with one attached hydrogen (secondary N) is 1. The molecule has 4 aliphatic carbocycles. The molecule has 2 amide bonds. The Labute approximate surface area is 227 Å². The Hall–Kier alpha value is -2.66. The van der Waals surface area contributed by atoms with Gasteiger partial charge in [-0.15, -0.1) is 0 Å². The normalized spacial score (nSPS) is 31.9. The number of amides is 2. The molecule has 1 aliphatic heterocycles. The van der Waals surface area contributed by atoms with Crippen molar-refractivity contribution in [3.05, 3.63) is 71.8 Å². The molecule has 5 fully saturated rings. The zero-order chi connectivity index (χ0) is 26.2. The van der Waals surface area contributed by atoms with Gasteiger partial charge in [0.1, 0.15) is 0 Å². The third-order valence-corrected chi connectivity index (χ3v) is 10.2. The fourth-order valence-electron chi connectivity index (χ4n) is 8.95. The molecule has 4 bridgehead atoms. The number of piperidine rings is 1. The molecule has 1 heterocycles. The van der Waals surface area contributed by atoms with E-state index in [1.807, 2.05) is 17.0 Å². The molecule has 4 saturated carbocycles. The Morgan fingerprint density at radius 3 is 2.11 bits per heavy atom. The summed E-state index contributed by atoms with van der Waals surface area (Å²) in [5.74, 6) is 1.56. The predicted molar refractivity (Wildman–Crippen MR) is 148 cm³/mol. The van der Waals surface area contributed by atoms with Gasteiger partial charge in [-0.05, 0) is 87.2 Å². The van der Waals surface area contributed by atoms with E-state index < -0.39 is 10.8 Å². The van der Waals surface area contributed by atoms with Crippen LogP contribution in [0.5, 0.6) is 0 Å². The Morgan fingerprint density at radius 2 is 1.50 bits per heavy atom. The minimum Gasteiger partial charge on any atom is -0.394 e. The first-order valence-corrected chi connectivity index (χ1v) is 14.8. The Bertz CT molecular complexity index is 1080. The standard InChI is InChI=1S/C33H42N2O3/c36-22-28-13-7-8-16-35(28)31(38)33-20-24-17-25(21-33)19-32(18-24,23-33)30(37)34-15-14-29(26-9-3-1-4-10-26)27-11-5-2-6-12-27/h1-6,9-12,24-25,28-29,36H,7-8,13-23H2,(H,34,37). The van der Waals surface area contributed by atoms with Gasteiger partial charge in [0.25, 0.3) is 0 Å². The highest BCUT2D eigenvalue weighted by molar-refractivity contribution is 5.88. The van der Waals surface area contributed by atoms with E-state index in [0.29, 0.717) is 24.8 Å². The van der Waals surface area contributed by atoms with Gasteiger partial charge < -0.3 is 15.3 Å². The highest BCUT2D eigenvalue weighted by atomic mass is 16.3. The summed E-state index contributed by atoms with van der Waals surface area (Å²) in [4.78, 5) is 30.0. The maximum atomic E-state index is 14.1. The lowest BCUT2D eigenvalue weighted by molar-refractivity contribution is -0.177. The fraction of sp³-hybridized carbons (Fsp3) is 0.576. The summed E-state index contributed by atoms with van der Waals surface area (Å²) in [6.07, 6.45) is 9.38. The zero-order valence-electron chi connectivity index (χ0n) is 22.5. The number of carbonyl (C=O) groups is 2. The van der Waals surface area contributed by atoms with Gasteiger partial charge in [0.2, 0.25) is 11.8 Å². The van der Waals surface area contributed by atoms with Crippen LogP contribution in [-0.2, 0) is 9.59 Å². The summed E-state index contributed by atoms with van der Waals surface area (Å²) in [7, 11) is 0. The van der Waals surface area contributed by atoms with Crippen LogP contribution in [0.2, 0.25) is 0 Å². The molecule has 1 saturated heterocycles. The van der Waals surface area contributed by atoms with Gasteiger partial charge in [-0.2, -0.15) is 0 Å². The summed E-state index contributed by atoms with van der Waals surface area (Å²) in [5, 5.41) is 13.3. The second-order valence-electron chi connectivity index (χ2n) is 12.8. The van der Waals surface area contributed by atoms with Crippen molar-refractivity contribution < 1.29 is 14.7 Å². The molecule has 0 radical (unpaired) electrons. The van der Waals surface area contributed by atoms with Crippen molar-refractivity contribution in [2.75, 3.05) is 19.7 Å². The van der Waals surface area contributed by atoms with E-state index in [1.165, 1.54) is 11.1 Å². The molecule has 3 atom stereocenters. The number of carbonyl (C=O) groups excluding carboxylic acids is 2. The number of likely N-dealkylation sites (tertiary alicyclic amines) is 1. The molecule has 5 heteroatoms. The van der Waals surface area contributed by atoms with Crippen LogP contribution in [0, 0.1) is 22.7 Å². The molecule has 2 aromatic rings. The van der Waals surface area contributed by atoms with Gasteiger partial charge >= 0.3 is 0 Å². The number of aliphatic hydroxyl groups is 1. The summed E-state index contributed by atoms with van der Waals surface area (Å²) < 4.78 is 0. The molecular weight excluding hydrogens is 472 g/mol. The molecule has 7 rings (SSSR count). The molecule has 0 aromatic heterocycles. The number of hydrogen-bond acceptors (Lipinski definition) is 3. The van der Waals surface area contributed by atoms with Crippen LogP contribution in [0.4, 0.5) is 0 Å². The summed E-state index contributed by atoms with van der Waals surface area (Å²) in [6.45, 7) is 1.43. The first kappa shape index (κ1) is 25.6. The second-order valence-corrected chi connectivity index (χ2v) is 12.8. The lowest BCUT2D eigenvalue weighted by atomic mass is 9.43. The van der Waals surface area contributed by atoms with Crippen LogP contribution >= 0.6 is 0 Å². The van der Waals surface area contributed by atoms with Gasteiger partial charge in [0, 0.05) is 19.0 Å².